The number of anilines is 1. The van der Waals surface area contributed by atoms with Crippen LogP contribution in [0.25, 0.3) is 10.2 Å². The topological polar surface area (TPSA) is 42.0 Å². The van der Waals surface area contributed by atoms with Crippen LogP contribution < -0.4 is 5.32 Å². The number of nitrogens with one attached hydrogen (secondary N) is 1. The van der Waals surface area contributed by atoms with E-state index in [0.717, 1.165) is 19.2 Å². The smallest absolute Gasteiger partial charge is 0.258 e. The Morgan fingerprint density at radius 3 is 2.81 bits per heavy atom. The van der Waals surface area contributed by atoms with Crippen molar-refractivity contribution < 1.29 is 4.79 Å². The van der Waals surface area contributed by atoms with E-state index in [2.05, 4.69) is 42.2 Å². The molecule has 1 heterocycles. The zero-order chi connectivity index (χ0) is 15.0. The highest BCUT2D eigenvalue weighted by atomic mass is 79.9. The molecule has 1 N–H and O–H groups in total. The summed E-state index contributed by atoms with van der Waals surface area (Å²) in [6.07, 6.45) is 0. The van der Waals surface area contributed by atoms with Crippen LogP contribution in [0.2, 0.25) is 5.02 Å². The number of hydrogen-bond acceptors (Lipinski definition) is 3. The van der Waals surface area contributed by atoms with Gasteiger partial charge in [-0.15, -0.1) is 0 Å². The first-order valence-corrected chi connectivity index (χ1v) is 8.64. The number of benzene rings is 2. The highest BCUT2D eigenvalue weighted by molar-refractivity contribution is 9.11. The Balaban J connectivity index is 1.93. The van der Waals surface area contributed by atoms with Crippen LogP contribution in [0.5, 0.6) is 0 Å². The van der Waals surface area contributed by atoms with E-state index in [-0.39, 0.29) is 5.91 Å². The quantitative estimate of drug-likeness (QED) is 0.547. The molecule has 106 valence electrons. The van der Waals surface area contributed by atoms with E-state index in [4.69, 9.17) is 11.6 Å². The number of aromatic nitrogens is 1. The molecule has 1 amide bonds. The fourth-order valence-electron chi connectivity index (χ4n) is 1.80. The maximum Gasteiger partial charge on any atom is 0.258 e. The summed E-state index contributed by atoms with van der Waals surface area (Å²) in [7, 11) is 0. The van der Waals surface area contributed by atoms with Crippen molar-refractivity contribution in [1.29, 1.82) is 0 Å². The van der Waals surface area contributed by atoms with Crippen molar-refractivity contribution in [3.63, 3.8) is 0 Å². The third-order valence-electron chi connectivity index (χ3n) is 2.76. The van der Waals surface area contributed by atoms with E-state index >= 15 is 0 Å². The van der Waals surface area contributed by atoms with Crippen LogP contribution >= 0.6 is 54.8 Å². The summed E-state index contributed by atoms with van der Waals surface area (Å²) < 4.78 is 2.70. The molecular formula is C14H7Br2ClN2OS. The molecule has 21 heavy (non-hydrogen) atoms. The number of para-hydroxylation sites is 1. The average molecular weight is 447 g/mol. The number of nitrogens with zero attached hydrogens (tertiary/aromatic N) is 1. The molecule has 0 aliphatic rings. The average Bonchev–Trinajstić information content (AvgIpc) is 2.85. The van der Waals surface area contributed by atoms with Crippen LogP contribution in [-0.4, -0.2) is 10.9 Å². The predicted molar refractivity (Wildman–Crippen MR) is 94.4 cm³/mol. The number of carbonyl (C=O) groups excluding carboxylic acids is 1. The van der Waals surface area contributed by atoms with Gasteiger partial charge in [0.25, 0.3) is 5.91 Å². The summed E-state index contributed by atoms with van der Waals surface area (Å²) in [5.74, 6) is -0.281. The Morgan fingerprint density at radius 2 is 2.05 bits per heavy atom. The highest BCUT2D eigenvalue weighted by Gasteiger charge is 2.14. The monoisotopic (exact) mass is 444 g/mol. The number of fused-ring (bicyclic) bond motifs is 1. The van der Waals surface area contributed by atoms with Gasteiger partial charge < -0.3 is 0 Å². The fourth-order valence-corrected chi connectivity index (χ4v) is 3.84. The molecule has 0 radical (unpaired) electrons. The predicted octanol–water partition coefficient (Wildman–Crippen LogP) is 5.73. The lowest BCUT2D eigenvalue weighted by atomic mass is 10.2. The van der Waals surface area contributed by atoms with E-state index < -0.39 is 0 Å². The molecule has 0 spiro atoms. The van der Waals surface area contributed by atoms with Crippen LogP contribution in [0.4, 0.5) is 5.13 Å². The molecule has 7 heteroatoms. The minimum absolute atomic E-state index is 0.281. The molecule has 0 bridgehead atoms. The maximum absolute atomic E-state index is 12.3. The molecule has 0 saturated carbocycles. The third kappa shape index (κ3) is 3.13. The normalized spacial score (nSPS) is 10.8. The van der Waals surface area contributed by atoms with Crippen LogP contribution in [0.3, 0.4) is 0 Å². The van der Waals surface area contributed by atoms with Crippen LogP contribution in [-0.2, 0) is 0 Å². The van der Waals surface area contributed by atoms with Gasteiger partial charge in [-0.3, -0.25) is 10.1 Å². The van der Waals surface area contributed by atoms with Crippen molar-refractivity contribution in [3.05, 3.63) is 55.9 Å². The van der Waals surface area contributed by atoms with Crippen molar-refractivity contribution in [1.82, 2.24) is 4.98 Å². The van der Waals surface area contributed by atoms with Gasteiger partial charge in [0.1, 0.15) is 0 Å². The van der Waals surface area contributed by atoms with E-state index in [1.54, 1.807) is 18.2 Å². The molecule has 0 atom stereocenters. The second-order valence-corrected chi connectivity index (χ2v) is 7.39. The van der Waals surface area contributed by atoms with E-state index in [1.165, 1.54) is 11.3 Å². The largest absolute Gasteiger partial charge is 0.298 e. The minimum Gasteiger partial charge on any atom is -0.298 e. The number of thiazole rings is 1. The second-order valence-electron chi connectivity index (χ2n) is 4.18. The van der Waals surface area contributed by atoms with Gasteiger partial charge in [-0.25, -0.2) is 4.98 Å². The van der Waals surface area contributed by atoms with E-state index in [1.807, 2.05) is 18.2 Å². The molecule has 3 rings (SSSR count). The number of halogens is 3. The molecule has 0 saturated heterocycles. The number of hydrogen-bond donors (Lipinski definition) is 1. The Labute approximate surface area is 146 Å². The van der Waals surface area contributed by atoms with Gasteiger partial charge in [-0.05, 0) is 46.3 Å². The lowest BCUT2D eigenvalue weighted by Crippen LogP contribution is -2.12. The van der Waals surface area contributed by atoms with Crippen LogP contribution in [0.1, 0.15) is 10.4 Å². The summed E-state index contributed by atoms with van der Waals surface area (Å²) >= 11 is 14.2. The molecule has 0 aliphatic heterocycles. The number of amides is 1. The standard InChI is InChI=1S/C14H7Br2ClN2OS/c15-7-4-5-10(17)8(6-7)13(20)19-14-18-12-9(16)2-1-3-11(12)21-14/h1-6H,(H,18,19,20). The first kappa shape index (κ1) is 15.0. The number of carbonyl (C=O) groups is 1. The summed E-state index contributed by atoms with van der Waals surface area (Å²) in [6.45, 7) is 0. The van der Waals surface area contributed by atoms with Gasteiger partial charge in [0.15, 0.2) is 5.13 Å². The van der Waals surface area contributed by atoms with Gasteiger partial charge in [-0.2, -0.15) is 0 Å². The van der Waals surface area contributed by atoms with Gasteiger partial charge in [-0.1, -0.05) is 44.9 Å². The van der Waals surface area contributed by atoms with Crippen molar-refractivity contribution >= 4 is 76.1 Å². The molecule has 0 fully saturated rings. The Hall–Kier alpha value is -0.950. The van der Waals surface area contributed by atoms with Crippen LogP contribution in [0.15, 0.2) is 45.3 Å². The lowest BCUT2D eigenvalue weighted by Gasteiger charge is -2.04. The second kappa shape index (κ2) is 6.04. The van der Waals surface area contributed by atoms with Gasteiger partial charge in [0, 0.05) is 8.95 Å². The Morgan fingerprint density at radius 1 is 1.24 bits per heavy atom. The molecule has 0 aliphatic carbocycles. The van der Waals surface area contributed by atoms with Crippen molar-refractivity contribution in [2.24, 2.45) is 0 Å². The first-order valence-electron chi connectivity index (χ1n) is 5.86. The van der Waals surface area contributed by atoms with E-state index in [0.29, 0.717) is 15.7 Å². The zero-order valence-electron chi connectivity index (χ0n) is 10.4. The van der Waals surface area contributed by atoms with Gasteiger partial charge in [0.2, 0.25) is 0 Å². The minimum atomic E-state index is -0.281. The van der Waals surface area contributed by atoms with Gasteiger partial charge in [0.05, 0.1) is 20.8 Å². The van der Waals surface area contributed by atoms with Gasteiger partial charge >= 0.3 is 0 Å². The maximum atomic E-state index is 12.3. The first-order chi connectivity index (χ1) is 10.0. The molecule has 3 aromatic rings. The lowest BCUT2D eigenvalue weighted by molar-refractivity contribution is 0.102. The summed E-state index contributed by atoms with van der Waals surface area (Å²) in [6, 6.07) is 10.9. The molecule has 2 aromatic carbocycles. The number of rotatable bonds is 2. The summed E-state index contributed by atoms with van der Waals surface area (Å²) in [5, 5.41) is 3.73. The van der Waals surface area contributed by atoms with E-state index in [9.17, 15) is 4.79 Å². The zero-order valence-corrected chi connectivity index (χ0v) is 15.1. The fraction of sp³-hybridized carbons (Fsp3) is 0. The summed E-state index contributed by atoms with van der Waals surface area (Å²) in [5.41, 5.74) is 1.24. The molecule has 0 unspecified atom stereocenters. The Bertz CT molecular complexity index is 850. The third-order valence-corrected chi connectivity index (χ3v) is 5.16. The summed E-state index contributed by atoms with van der Waals surface area (Å²) in [4.78, 5) is 16.7. The molecule has 3 nitrogen and oxygen atoms in total. The molecular weight excluding hydrogens is 439 g/mol. The van der Waals surface area contributed by atoms with Crippen molar-refractivity contribution in [2.45, 2.75) is 0 Å². The SMILES string of the molecule is O=C(Nc1nc2c(Br)cccc2s1)c1cc(Br)ccc1Cl. The van der Waals surface area contributed by atoms with Crippen molar-refractivity contribution in [2.75, 3.05) is 5.32 Å². The Kier molecular flexibility index (Phi) is 4.31. The van der Waals surface area contributed by atoms with Crippen LogP contribution in [0, 0.1) is 0 Å². The van der Waals surface area contributed by atoms with Crippen molar-refractivity contribution in [3.8, 4) is 0 Å². The molecule has 1 aromatic heterocycles. The highest BCUT2D eigenvalue weighted by Crippen LogP contribution is 2.31.